The fourth-order valence-electron chi connectivity index (χ4n) is 0.933. The standard InChI is InChI=1S/C10H19N/c1-4-6-7-9-11-10(3)8-5-2/h4-5,8,10-11H,1,6-7,9H2,2-3H3/b8-5-. The summed E-state index contributed by atoms with van der Waals surface area (Å²) < 4.78 is 0. The zero-order valence-electron chi connectivity index (χ0n) is 7.64. The molecule has 0 aliphatic rings. The van der Waals surface area contributed by atoms with Crippen LogP contribution in [-0.4, -0.2) is 12.6 Å². The average molecular weight is 153 g/mol. The number of allylic oxidation sites excluding steroid dienone is 2. The number of hydrogen-bond donors (Lipinski definition) is 1. The third-order valence-electron chi connectivity index (χ3n) is 1.53. The summed E-state index contributed by atoms with van der Waals surface area (Å²) in [4.78, 5) is 0. The van der Waals surface area contributed by atoms with Gasteiger partial charge in [0.2, 0.25) is 0 Å². The normalized spacial score (nSPS) is 13.6. The maximum atomic E-state index is 3.67. The molecule has 0 aliphatic carbocycles. The summed E-state index contributed by atoms with van der Waals surface area (Å²) in [7, 11) is 0. The summed E-state index contributed by atoms with van der Waals surface area (Å²) in [6.45, 7) is 8.96. The summed E-state index contributed by atoms with van der Waals surface area (Å²) in [5.74, 6) is 0. The Labute approximate surface area is 70.2 Å². The molecule has 0 aliphatic heterocycles. The van der Waals surface area contributed by atoms with E-state index in [0.29, 0.717) is 6.04 Å². The number of nitrogens with one attached hydrogen (secondary N) is 1. The van der Waals surface area contributed by atoms with Crippen molar-refractivity contribution in [3.63, 3.8) is 0 Å². The molecule has 0 spiro atoms. The Morgan fingerprint density at radius 2 is 2.27 bits per heavy atom. The van der Waals surface area contributed by atoms with Gasteiger partial charge >= 0.3 is 0 Å². The molecular formula is C10H19N. The van der Waals surface area contributed by atoms with Crippen molar-refractivity contribution in [3.05, 3.63) is 24.8 Å². The molecule has 0 rings (SSSR count). The van der Waals surface area contributed by atoms with Crippen molar-refractivity contribution in [2.24, 2.45) is 0 Å². The van der Waals surface area contributed by atoms with Gasteiger partial charge in [-0.05, 0) is 33.2 Å². The van der Waals surface area contributed by atoms with Gasteiger partial charge in [0.1, 0.15) is 0 Å². The van der Waals surface area contributed by atoms with Crippen molar-refractivity contribution in [1.29, 1.82) is 0 Å². The SMILES string of the molecule is C=CCCCNC(C)/C=C\C. The zero-order chi connectivity index (χ0) is 8.53. The molecule has 0 saturated heterocycles. The van der Waals surface area contributed by atoms with Crippen molar-refractivity contribution in [2.45, 2.75) is 32.7 Å². The molecule has 0 bridgehead atoms. The maximum absolute atomic E-state index is 3.67. The Bertz CT molecular complexity index is 116. The Morgan fingerprint density at radius 1 is 1.55 bits per heavy atom. The molecule has 64 valence electrons. The van der Waals surface area contributed by atoms with E-state index in [0.717, 1.165) is 13.0 Å². The highest BCUT2D eigenvalue weighted by Gasteiger charge is 1.91. The van der Waals surface area contributed by atoms with Crippen LogP contribution in [0.5, 0.6) is 0 Å². The predicted molar refractivity (Wildman–Crippen MR) is 51.7 cm³/mol. The van der Waals surface area contributed by atoms with E-state index in [-0.39, 0.29) is 0 Å². The largest absolute Gasteiger partial charge is 0.311 e. The average Bonchev–Trinajstić information content (AvgIpc) is 1.99. The van der Waals surface area contributed by atoms with Crippen molar-refractivity contribution in [2.75, 3.05) is 6.54 Å². The predicted octanol–water partition coefficient (Wildman–Crippen LogP) is 2.51. The van der Waals surface area contributed by atoms with Gasteiger partial charge in [0.25, 0.3) is 0 Å². The lowest BCUT2D eigenvalue weighted by molar-refractivity contribution is 0.609. The van der Waals surface area contributed by atoms with Crippen molar-refractivity contribution in [1.82, 2.24) is 5.32 Å². The first-order valence-electron chi connectivity index (χ1n) is 4.28. The highest BCUT2D eigenvalue weighted by molar-refractivity contribution is 4.87. The molecule has 1 nitrogen and oxygen atoms in total. The summed E-state index contributed by atoms with van der Waals surface area (Å²) in [6.07, 6.45) is 8.49. The minimum Gasteiger partial charge on any atom is -0.311 e. The van der Waals surface area contributed by atoms with Crippen LogP contribution in [0.3, 0.4) is 0 Å². The quantitative estimate of drug-likeness (QED) is 0.456. The van der Waals surface area contributed by atoms with Crippen LogP contribution in [0.15, 0.2) is 24.8 Å². The molecule has 1 heteroatoms. The Morgan fingerprint density at radius 3 is 2.82 bits per heavy atom. The molecule has 0 saturated carbocycles. The number of rotatable bonds is 6. The van der Waals surface area contributed by atoms with Crippen LogP contribution in [0, 0.1) is 0 Å². The first kappa shape index (κ1) is 10.4. The van der Waals surface area contributed by atoms with E-state index in [2.05, 4.69) is 31.0 Å². The fraction of sp³-hybridized carbons (Fsp3) is 0.600. The number of hydrogen-bond acceptors (Lipinski definition) is 1. The van der Waals surface area contributed by atoms with E-state index >= 15 is 0 Å². The third kappa shape index (κ3) is 7.34. The molecular weight excluding hydrogens is 134 g/mol. The van der Waals surface area contributed by atoms with Gasteiger partial charge in [0, 0.05) is 6.04 Å². The second-order valence-corrected chi connectivity index (χ2v) is 2.70. The maximum Gasteiger partial charge on any atom is 0.0221 e. The molecule has 0 heterocycles. The van der Waals surface area contributed by atoms with Crippen LogP contribution < -0.4 is 5.32 Å². The van der Waals surface area contributed by atoms with Gasteiger partial charge in [-0.1, -0.05) is 18.2 Å². The van der Waals surface area contributed by atoms with E-state index in [4.69, 9.17) is 0 Å². The van der Waals surface area contributed by atoms with Gasteiger partial charge in [0.05, 0.1) is 0 Å². The second kappa shape index (κ2) is 7.55. The van der Waals surface area contributed by atoms with Gasteiger partial charge in [-0.3, -0.25) is 0 Å². The molecule has 11 heavy (non-hydrogen) atoms. The van der Waals surface area contributed by atoms with Crippen LogP contribution in [0.25, 0.3) is 0 Å². The second-order valence-electron chi connectivity index (χ2n) is 2.70. The van der Waals surface area contributed by atoms with Crippen LogP contribution in [-0.2, 0) is 0 Å². The van der Waals surface area contributed by atoms with Crippen LogP contribution >= 0.6 is 0 Å². The minimum absolute atomic E-state index is 0.504. The Balaban J connectivity index is 3.16. The molecule has 1 N–H and O–H groups in total. The van der Waals surface area contributed by atoms with Crippen molar-refractivity contribution in [3.8, 4) is 0 Å². The first-order valence-corrected chi connectivity index (χ1v) is 4.28. The van der Waals surface area contributed by atoms with Gasteiger partial charge in [0.15, 0.2) is 0 Å². The van der Waals surface area contributed by atoms with Gasteiger partial charge in [-0.25, -0.2) is 0 Å². The van der Waals surface area contributed by atoms with E-state index in [1.807, 2.05) is 13.0 Å². The summed E-state index contributed by atoms with van der Waals surface area (Å²) in [6, 6.07) is 0.504. The Hall–Kier alpha value is -0.560. The van der Waals surface area contributed by atoms with E-state index < -0.39 is 0 Å². The number of unbranched alkanes of at least 4 members (excludes halogenated alkanes) is 1. The molecule has 0 fully saturated rings. The Kier molecular flexibility index (Phi) is 7.16. The smallest absolute Gasteiger partial charge is 0.0221 e. The van der Waals surface area contributed by atoms with Gasteiger partial charge in [-0.15, -0.1) is 6.58 Å². The third-order valence-corrected chi connectivity index (χ3v) is 1.53. The summed E-state index contributed by atoms with van der Waals surface area (Å²) in [5, 5.41) is 3.38. The highest BCUT2D eigenvalue weighted by atomic mass is 14.9. The lowest BCUT2D eigenvalue weighted by Gasteiger charge is -2.07. The van der Waals surface area contributed by atoms with Crippen LogP contribution in [0.2, 0.25) is 0 Å². The highest BCUT2D eigenvalue weighted by Crippen LogP contribution is 1.89. The molecule has 1 unspecified atom stereocenters. The lowest BCUT2D eigenvalue weighted by atomic mass is 10.2. The van der Waals surface area contributed by atoms with E-state index in [1.54, 1.807) is 0 Å². The molecule has 0 amide bonds. The molecule has 0 radical (unpaired) electrons. The summed E-state index contributed by atoms with van der Waals surface area (Å²) in [5.41, 5.74) is 0. The van der Waals surface area contributed by atoms with Crippen molar-refractivity contribution < 1.29 is 0 Å². The molecule has 0 aromatic rings. The summed E-state index contributed by atoms with van der Waals surface area (Å²) >= 11 is 0. The topological polar surface area (TPSA) is 12.0 Å². The first-order chi connectivity index (χ1) is 5.31. The molecule has 0 aromatic carbocycles. The van der Waals surface area contributed by atoms with E-state index in [9.17, 15) is 0 Å². The lowest BCUT2D eigenvalue weighted by Crippen LogP contribution is -2.24. The zero-order valence-corrected chi connectivity index (χ0v) is 7.64. The molecule has 1 atom stereocenters. The van der Waals surface area contributed by atoms with Gasteiger partial charge < -0.3 is 5.32 Å². The van der Waals surface area contributed by atoms with Crippen LogP contribution in [0.4, 0.5) is 0 Å². The minimum atomic E-state index is 0.504. The van der Waals surface area contributed by atoms with Crippen LogP contribution in [0.1, 0.15) is 26.7 Å². The monoisotopic (exact) mass is 153 g/mol. The molecule has 0 aromatic heterocycles. The van der Waals surface area contributed by atoms with Crippen molar-refractivity contribution >= 4 is 0 Å². The fourth-order valence-corrected chi connectivity index (χ4v) is 0.933. The van der Waals surface area contributed by atoms with E-state index in [1.165, 1.54) is 6.42 Å². The van der Waals surface area contributed by atoms with Gasteiger partial charge in [-0.2, -0.15) is 0 Å².